The van der Waals surface area contributed by atoms with Crippen molar-refractivity contribution < 1.29 is 23.9 Å². The van der Waals surface area contributed by atoms with E-state index >= 15 is 0 Å². The number of piperidine rings is 1. The van der Waals surface area contributed by atoms with Gasteiger partial charge in [-0.15, -0.1) is 10.2 Å². The van der Waals surface area contributed by atoms with E-state index in [2.05, 4.69) is 27.3 Å². The van der Waals surface area contributed by atoms with Crippen LogP contribution in [-0.4, -0.2) is 95.2 Å². The summed E-state index contributed by atoms with van der Waals surface area (Å²) in [5, 5.41) is 10.8. The molecule has 3 aliphatic rings. The minimum absolute atomic E-state index is 0.0875. The van der Waals surface area contributed by atoms with Gasteiger partial charge in [-0.3, -0.25) is 14.4 Å². The number of nitrogens with zero attached hydrogens (tertiary/aromatic N) is 5. The molecule has 12 heteroatoms. The number of rotatable bonds is 5. The molecule has 0 radical (unpaired) electrons. The Kier molecular flexibility index (Phi) is 6.82. The molecule has 11 nitrogen and oxygen atoms in total. The van der Waals surface area contributed by atoms with Crippen molar-refractivity contribution in [2.24, 2.45) is 5.92 Å². The van der Waals surface area contributed by atoms with Crippen LogP contribution in [0.25, 0.3) is 0 Å². The topological polar surface area (TPSA) is 117 Å². The number of amides is 3. The predicted molar refractivity (Wildman–Crippen MR) is 128 cm³/mol. The molecule has 0 saturated carbocycles. The Morgan fingerprint density at radius 3 is 2.60 bits per heavy atom. The molecule has 1 aromatic carbocycles. The zero-order valence-corrected chi connectivity index (χ0v) is 20.4. The maximum Gasteiger partial charge on any atom is 0.286 e. The highest BCUT2D eigenvalue weighted by atomic mass is 32.1. The van der Waals surface area contributed by atoms with Gasteiger partial charge in [-0.05, 0) is 31.5 Å². The van der Waals surface area contributed by atoms with Crippen molar-refractivity contribution in [3.63, 3.8) is 0 Å². The van der Waals surface area contributed by atoms with Crippen molar-refractivity contribution in [2.45, 2.75) is 19.8 Å². The molecule has 0 aliphatic carbocycles. The normalized spacial score (nSPS) is 20.1. The van der Waals surface area contributed by atoms with Crippen molar-refractivity contribution in [2.75, 3.05) is 57.9 Å². The minimum Gasteiger partial charge on any atom is -0.454 e. The first-order valence-corrected chi connectivity index (χ1v) is 12.7. The van der Waals surface area contributed by atoms with Gasteiger partial charge in [0.2, 0.25) is 22.7 Å². The summed E-state index contributed by atoms with van der Waals surface area (Å²) in [5.41, 5.74) is 0.527. The van der Waals surface area contributed by atoms with E-state index in [1.807, 2.05) is 4.90 Å². The van der Waals surface area contributed by atoms with Crippen molar-refractivity contribution in [3.05, 3.63) is 28.2 Å². The zero-order valence-electron chi connectivity index (χ0n) is 19.6. The molecule has 35 heavy (non-hydrogen) atoms. The van der Waals surface area contributed by atoms with Gasteiger partial charge in [0.1, 0.15) is 0 Å². The number of benzene rings is 1. The molecule has 0 bridgehead atoms. The van der Waals surface area contributed by atoms with Crippen LogP contribution in [-0.2, 0) is 4.79 Å². The number of hydrogen-bond acceptors (Lipinski definition) is 9. The zero-order chi connectivity index (χ0) is 24.4. The van der Waals surface area contributed by atoms with Gasteiger partial charge in [0.25, 0.3) is 11.8 Å². The molecule has 3 aliphatic heterocycles. The summed E-state index contributed by atoms with van der Waals surface area (Å²) < 4.78 is 10.6. The van der Waals surface area contributed by atoms with Gasteiger partial charge < -0.3 is 29.5 Å². The fourth-order valence-electron chi connectivity index (χ4n) is 4.60. The number of hydrogen-bond donors (Lipinski definition) is 1. The molecule has 3 amide bonds. The molecule has 5 rings (SSSR count). The first-order chi connectivity index (χ1) is 17.0. The number of likely N-dealkylation sites (tertiary alicyclic amines) is 1. The first kappa shape index (κ1) is 23.5. The number of ether oxygens (including phenoxy) is 2. The third-order valence-electron chi connectivity index (χ3n) is 6.62. The average molecular weight is 501 g/mol. The van der Waals surface area contributed by atoms with Crippen LogP contribution in [0.2, 0.25) is 0 Å². The van der Waals surface area contributed by atoms with Gasteiger partial charge in [-0.2, -0.15) is 0 Å². The Morgan fingerprint density at radius 2 is 1.80 bits per heavy atom. The predicted octanol–water partition coefficient (Wildman–Crippen LogP) is 1.54. The first-order valence-electron chi connectivity index (χ1n) is 11.9. The molecule has 0 unspecified atom stereocenters. The van der Waals surface area contributed by atoms with E-state index in [-0.39, 0.29) is 34.5 Å². The van der Waals surface area contributed by atoms with Crippen LogP contribution in [0.3, 0.4) is 0 Å². The van der Waals surface area contributed by atoms with Crippen molar-refractivity contribution >= 4 is 34.7 Å². The van der Waals surface area contributed by atoms with E-state index < -0.39 is 5.91 Å². The molecule has 2 saturated heterocycles. The number of likely N-dealkylation sites (N-methyl/N-ethyl adjacent to an activating group) is 1. The molecule has 1 N–H and O–H groups in total. The molecule has 1 aromatic heterocycles. The van der Waals surface area contributed by atoms with Crippen molar-refractivity contribution in [3.8, 4) is 11.5 Å². The van der Waals surface area contributed by atoms with Crippen LogP contribution in [0, 0.1) is 5.92 Å². The van der Waals surface area contributed by atoms with Crippen LogP contribution in [0.4, 0.5) is 5.69 Å². The molecule has 1 atom stereocenters. The second-order valence-corrected chi connectivity index (χ2v) is 9.76. The van der Waals surface area contributed by atoms with Gasteiger partial charge in [-0.1, -0.05) is 18.3 Å². The van der Waals surface area contributed by atoms with E-state index in [0.29, 0.717) is 30.3 Å². The highest BCUT2D eigenvalue weighted by Crippen LogP contribution is 2.34. The highest BCUT2D eigenvalue weighted by molar-refractivity contribution is 7.15. The summed E-state index contributed by atoms with van der Waals surface area (Å²) in [6.45, 7) is 7.43. The molecule has 4 heterocycles. The summed E-state index contributed by atoms with van der Waals surface area (Å²) >= 11 is 0.946. The molecule has 2 fully saturated rings. The average Bonchev–Trinajstić information content (AvgIpc) is 3.58. The number of nitrogens with one attached hydrogen (secondary N) is 1. The lowest BCUT2D eigenvalue weighted by molar-refractivity contribution is -0.138. The Hall–Kier alpha value is -3.25. The third-order valence-corrected chi connectivity index (χ3v) is 7.53. The van der Waals surface area contributed by atoms with E-state index in [1.54, 1.807) is 23.1 Å². The molecule has 0 spiro atoms. The quantitative estimate of drug-likeness (QED) is 0.657. The molecular weight excluding hydrogens is 472 g/mol. The third kappa shape index (κ3) is 5.08. The number of aromatic nitrogens is 2. The summed E-state index contributed by atoms with van der Waals surface area (Å²) in [6.07, 6.45) is 1.53. The Labute approximate surface area is 207 Å². The Bertz CT molecular complexity index is 1120. The smallest absolute Gasteiger partial charge is 0.286 e. The Balaban J connectivity index is 1.18. The largest absolute Gasteiger partial charge is 0.454 e. The van der Waals surface area contributed by atoms with E-state index in [0.717, 1.165) is 56.9 Å². The molecular formula is C23H28N6O5S. The lowest BCUT2D eigenvalue weighted by atomic mass is 9.96. The standard InChI is InChI=1S/C23H28N6O5S/c1-2-27-8-10-28(11-9-27)22(31)15-4-3-7-29(13-15)23(32)21-26-25-20(35-21)19(30)24-16-5-6-17-18(12-16)34-14-33-17/h5-6,12,15H,2-4,7-11,13-14H2,1H3,(H,24,30)/t15-/m0/s1. The highest BCUT2D eigenvalue weighted by Gasteiger charge is 2.34. The van der Waals surface area contributed by atoms with Crippen LogP contribution in [0.15, 0.2) is 18.2 Å². The summed E-state index contributed by atoms with van der Waals surface area (Å²) in [6, 6.07) is 5.08. The second-order valence-electron chi connectivity index (χ2n) is 8.78. The summed E-state index contributed by atoms with van der Waals surface area (Å²) in [7, 11) is 0. The van der Waals surface area contributed by atoms with Gasteiger partial charge in [0, 0.05) is 51.0 Å². The molecule has 2 aromatic rings. The van der Waals surface area contributed by atoms with Gasteiger partial charge in [0.05, 0.1) is 5.92 Å². The maximum absolute atomic E-state index is 13.1. The van der Waals surface area contributed by atoms with Crippen molar-refractivity contribution in [1.82, 2.24) is 24.9 Å². The summed E-state index contributed by atoms with van der Waals surface area (Å²) in [5.74, 6) is 0.337. The van der Waals surface area contributed by atoms with Crippen LogP contribution in [0.5, 0.6) is 11.5 Å². The van der Waals surface area contributed by atoms with Gasteiger partial charge >= 0.3 is 0 Å². The van der Waals surface area contributed by atoms with Crippen LogP contribution < -0.4 is 14.8 Å². The van der Waals surface area contributed by atoms with Crippen LogP contribution in [0.1, 0.15) is 39.4 Å². The molecule has 186 valence electrons. The number of carbonyl (C=O) groups is 3. The fraction of sp³-hybridized carbons (Fsp3) is 0.522. The van der Waals surface area contributed by atoms with Gasteiger partial charge in [0.15, 0.2) is 11.5 Å². The number of carbonyl (C=O) groups excluding carboxylic acids is 3. The van der Waals surface area contributed by atoms with E-state index in [1.165, 1.54) is 0 Å². The summed E-state index contributed by atoms with van der Waals surface area (Å²) in [4.78, 5) is 44.7. The maximum atomic E-state index is 13.1. The monoisotopic (exact) mass is 500 g/mol. The SMILES string of the molecule is CCN1CCN(C(=O)[C@H]2CCCN(C(=O)c3nnc(C(=O)Nc4ccc5c(c4)OCO5)s3)C2)CC1. The van der Waals surface area contributed by atoms with E-state index in [4.69, 9.17) is 9.47 Å². The Morgan fingerprint density at radius 1 is 1.03 bits per heavy atom. The second kappa shape index (κ2) is 10.2. The minimum atomic E-state index is -0.460. The lowest BCUT2D eigenvalue weighted by Gasteiger charge is -2.38. The number of piperazine rings is 1. The van der Waals surface area contributed by atoms with Crippen LogP contribution >= 0.6 is 11.3 Å². The number of fused-ring (bicyclic) bond motifs is 1. The number of anilines is 1. The van der Waals surface area contributed by atoms with Gasteiger partial charge in [-0.25, -0.2) is 0 Å². The van der Waals surface area contributed by atoms with E-state index in [9.17, 15) is 14.4 Å². The van der Waals surface area contributed by atoms with Crippen molar-refractivity contribution in [1.29, 1.82) is 0 Å². The lowest BCUT2D eigenvalue weighted by Crippen LogP contribution is -2.52. The fourth-order valence-corrected chi connectivity index (χ4v) is 5.31.